The van der Waals surface area contributed by atoms with Crippen LogP contribution in [0.3, 0.4) is 0 Å². The number of ether oxygens (including phenoxy) is 1. The summed E-state index contributed by atoms with van der Waals surface area (Å²) in [7, 11) is -3.70. The third kappa shape index (κ3) is 4.18. The smallest absolute Gasteiger partial charge is 0.262 e. The zero-order valence-corrected chi connectivity index (χ0v) is 15.5. The third-order valence-corrected chi connectivity index (χ3v) is 5.77. The second kappa shape index (κ2) is 7.25. The van der Waals surface area contributed by atoms with E-state index in [1.54, 1.807) is 48.8 Å². The van der Waals surface area contributed by atoms with Crippen molar-refractivity contribution in [2.45, 2.75) is 25.3 Å². The molecule has 3 rings (SSSR count). The van der Waals surface area contributed by atoms with E-state index in [9.17, 15) is 8.42 Å². The van der Waals surface area contributed by atoms with Crippen molar-refractivity contribution in [3.63, 3.8) is 0 Å². The lowest BCUT2D eigenvalue weighted by molar-refractivity contribution is 0.304. The number of sulfonamides is 1. The van der Waals surface area contributed by atoms with E-state index < -0.39 is 10.0 Å². The van der Waals surface area contributed by atoms with Crippen LogP contribution in [0.15, 0.2) is 58.3 Å². The highest BCUT2D eigenvalue weighted by atomic mass is 32.2. The average Bonchev–Trinajstić information content (AvgIpc) is 3.07. The van der Waals surface area contributed by atoms with Gasteiger partial charge in [-0.2, -0.15) is 0 Å². The van der Waals surface area contributed by atoms with Crippen molar-refractivity contribution < 1.29 is 13.2 Å². The van der Waals surface area contributed by atoms with Crippen LogP contribution in [0.5, 0.6) is 5.75 Å². The summed E-state index contributed by atoms with van der Waals surface area (Å²) < 4.78 is 33.8. The summed E-state index contributed by atoms with van der Waals surface area (Å²) in [6.45, 7) is 4.00. The monoisotopic (exact) mass is 374 g/mol. The molecule has 0 bridgehead atoms. The van der Waals surface area contributed by atoms with Gasteiger partial charge in [-0.15, -0.1) is 11.3 Å². The van der Waals surface area contributed by atoms with Gasteiger partial charge in [-0.3, -0.25) is 4.72 Å². The minimum absolute atomic E-state index is 0.257. The normalized spacial score (nSPS) is 11.3. The van der Waals surface area contributed by atoms with Crippen molar-refractivity contribution in [1.82, 2.24) is 4.98 Å². The molecule has 0 spiro atoms. The van der Waals surface area contributed by atoms with Gasteiger partial charge in [0.25, 0.3) is 10.0 Å². The molecule has 2 aromatic carbocycles. The van der Waals surface area contributed by atoms with Crippen LogP contribution in [0, 0.1) is 13.8 Å². The highest BCUT2D eigenvalue weighted by Gasteiger charge is 2.18. The molecule has 0 aliphatic heterocycles. The van der Waals surface area contributed by atoms with E-state index in [2.05, 4.69) is 9.71 Å². The molecule has 0 radical (unpaired) electrons. The lowest BCUT2D eigenvalue weighted by Crippen LogP contribution is -2.15. The number of hydrogen-bond donors (Lipinski definition) is 1. The fourth-order valence-corrected chi connectivity index (χ4v) is 4.28. The molecule has 25 heavy (non-hydrogen) atoms. The van der Waals surface area contributed by atoms with Gasteiger partial charge in [0.2, 0.25) is 0 Å². The van der Waals surface area contributed by atoms with Gasteiger partial charge in [0.05, 0.1) is 21.8 Å². The van der Waals surface area contributed by atoms with Gasteiger partial charge in [-0.1, -0.05) is 29.8 Å². The fourth-order valence-electron chi connectivity index (χ4n) is 2.44. The maximum absolute atomic E-state index is 12.7. The first-order chi connectivity index (χ1) is 12.0. The van der Waals surface area contributed by atoms with Crippen LogP contribution in [0.4, 0.5) is 5.69 Å². The van der Waals surface area contributed by atoms with Gasteiger partial charge in [-0.25, -0.2) is 13.4 Å². The molecular formula is C18H18N2O3S2. The molecule has 0 saturated heterocycles. The zero-order valence-electron chi connectivity index (χ0n) is 13.9. The molecule has 0 saturated carbocycles. The number of benzene rings is 2. The minimum atomic E-state index is -3.70. The first kappa shape index (κ1) is 17.4. The quantitative estimate of drug-likeness (QED) is 0.704. The molecule has 1 aromatic heterocycles. The molecule has 130 valence electrons. The predicted molar refractivity (Wildman–Crippen MR) is 99.6 cm³/mol. The Balaban J connectivity index is 1.84. The molecular weight excluding hydrogens is 356 g/mol. The predicted octanol–water partition coefficient (Wildman–Crippen LogP) is 4.14. The Hall–Kier alpha value is -2.38. The van der Waals surface area contributed by atoms with Gasteiger partial charge in [0.1, 0.15) is 12.4 Å². The Morgan fingerprint density at radius 1 is 1.16 bits per heavy atom. The molecule has 3 aromatic rings. The topological polar surface area (TPSA) is 68.3 Å². The number of aryl methyl sites for hydroxylation is 2. The van der Waals surface area contributed by atoms with E-state index in [0.717, 1.165) is 11.3 Å². The fraction of sp³-hybridized carbons (Fsp3) is 0.167. The Bertz CT molecular complexity index is 968. The van der Waals surface area contributed by atoms with Crippen LogP contribution in [-0.4, -0.2) is 13.4 Å². The van der Waals surface area contributed by atoms with Gasteiger partial charge < -0.3 is 4.74 Å². The average molecular weight is 374 g/mol. The Labute approximate surface area is 151 Å². The van der Waals surface area contributed by atoms with Crippen LogP contribution in [0.2, 0.25) is 0 Å². The summed E-state index contributed by atoms with van der Waals surface area (Å²) in [6, 6.07) is 12.2. The van der Waals surface area contributed by atoms with Crippen molar-refractivity contribution >= 4 is 27.0 Å². The lowest BCUT2D eigenvalue weighted by Gasteiger charge is -2.14. The van der Waals surface area contributed by atoms with Crippen molar-refractivity contribution in [2.75, 3.05) is 4.72 Å². The van der Waals surface area contributed by atoms with E-state index in [4.69, 9.17) is 4.74 Å². The molecule has 7 heteroatoms. The van der Waals surface area contributed by atoms with Gasteiger partial charge in [0.15, 0.2) is 0 Å². The minimum Gasteiger partial charge on any atom is -0.485 e. The van der Waals surface area contributed by atoms with E-state index >= 15 is 0 Å². The number of thiazole rings is 1. The number of para-hydroxylation sites is 2. The number of rotatable bonds is 6. The van der Waals surface area contributed by atoms with Crippen LogP contribution >= 0.6 is 11.3 Å². The molecule has 1 N–H and O–H groups in total. The Morgan fingerprint density at radius 3 is 2.68 bits per heavy atom. The SMILES string of the molecule is Cc1ccc(S(=O)(=O)Nc2ccccc2OCc2cscn2)c(C)c1. The molecule has 0 aliphatic rings. The molecule has 0 unspecified atom stereocenters. The maximum atomic E-state index is 12.7. The summed E-state index contributed by atoms with van der Waals surface area (Å²) in [5.74, 6) is 0.462. The zero-order chi connectivity index (χ0) is 17.9. The Kier molecular flexibility index (Phi) is 5.06. The van der Waals surface area contributed by atoms with E-state index in [0.29, 0.717) is 17.0 Å². The molecule has 0 aliphatic carbocycles. The third-order valence-electron chi connectivity index (χ3n) is 3.61. The number of aromatic nitrogens is 1. The summed E-state index contributed by atoms with van der Waals surface area (Å²) in [4.78, 5) is 4.41. The highest BCUT2D eigenvalue weighted by molar-refractivity contribution is 7.92. The van der Waals surface area contributed by atoms with Crippen molar-refractivity contribution in [1.29, 1.82) is 0 Å². The molecule has 5 nitrogen and oxygen atoms in total. The molecule has 0 fully saturated rings. The summed E-state index contributed by atoms with van der Waals surface area (Å²) in [6.07, 6.45) is 0. The van der Waals surface area contributed by atoms with E-state index in [1.165, 1.54) is 11.3 Å². The second-order valence-electron chi connectivity index (χ2n) is 5.64. The van der Waals surface area contributed by atoms with Crippen molar-refractivity contribution in [3.8, 4) is 5.75 Å². The van der Waals surface area contributed by atoms with Gasteiger partial charge >= 0.3 is 0 Å². The number of nitrogens with zero attached hydrogens (tertiary/aromatic N) is 1. The first-order valence-corrected chi connectivity index (χ1v) is 10.1. The maximum Gasteiger partial charge on any atom is 0.262 e. The van der Waals surface area contributed by atoms with Gasteiger partial charge in [-0.05, 0) is 37.6 Å². The number of hydrogen-bond acceptors (Lipinski definition) is 5. The highest BCUT2D eigenvalue weighted by Crippen LogP contribution is 2.28. The van der Waals surface area contributed by atoms with Crippen LogP contribution < -0.4 is 9.46 Å². The van der Waals surface area contributed by atoms with Crippen LogP contribution in [0.1, 0.15) is 16.8 Å². The molecule has 1 heterocycles. The van der Waals surface area contributed by atoms with Crippen LogP contribution in [0.25, 0.3) is 0 Å². The second-order valence-corrected chi connectivity index (χ2v) is 8.01. The number of anilines is 1. The largest absolute Gasteiger partial charge is 0.485 e. The molecule has 0 amide bonds. The van der Waals surface area contributed by atoms with Crippen LogP contribution in [-0.2, 0) is 16.6 Å². The number of nitrogens with one attached hydrogen (secondary N) is 1. The van der Waals surface area contributed by atoms with Gasteiger partial charge in [0, 0.05) is 5.38 Å². The molecule has 0 atom stereocenters. The first-order valence-electron chi connectivity index (χ1n) is 7.65. The standard InChI is InChI=1S/C18H18N2O3S2/c1-13-7-8-18(14(2)9-13)25(21,22)20-16-5-3-4-6-17(16)23-10-15-11-24-12-19-15/h3-9,11-12,20H,10H2,1-2H3. The van der Waals surface area contributed by atoms with E-state index in [-0.39, 0.29) is 11.5 Å². The summed E-state index contributed by atoms with van der Waals surface area (Å²) in [5.41, 5.74) is 4.65. The van der Waals surface area contributed by atoms with Crippen molar-refractivity contribution in [3.05, 3.63) is 70.2 Å². The summed E-state index contributed by atoms with van der Waals surface area (Å²) >= 11 is 1.49. The van der Waals surface area contributed by atoms with E-state index in [1.807, 2.05) is 18.4 Å². The van der Waals surface area contributed by atoms with Crippen molar-refractivity contribution in [2.24, 2.45) is 0 Å². The lowest BCUT2D eigenvalue weighted by atomic mass is 10.2. The Morgan fingerprint density at radius 2 is 1.96 bits per heavy atom. The summed E-state index contributed by atoms with van der Waals surface area (Å²) in [5, 5.41) is 1.89.